The van der Waals surface area contributed by atoms with Gasteiger partial charge in [-0.3, -0.25) is 0 Å². The number of hydrogen-bond acceptors (Lipinski definition) is 2. The van der Waals surface area contributed by atoms with Crippen LogP contribution in [0.4, 0.5) is 4.39 Å². The zero-order valence-electron chi connectivity index (χ0n) is 12.8. The number of aromatic amines is 1. The molecular formula is C18H17FN2O. The predicted molar refractivity (Wildman–Crippen MR) is 87.5 cm³/mol. The molecule has 1 aromatic carbocycles. The highest BCUT2D eigenvalue weighted by molar-refractivity contribution is 5.89. The Hall–Kier alpha value is -2.62. The van der Waals surface area contributed by atoms with Crippen LogP contribution in [0.25, 0.3) is 27.7 Å². The Balaban J connectivity index is 2.16. The molecule has 0 fully saturated rings. The van der Waals surface area contributed by atoms with Gasteiger partial charge in [0.2, 0.25) is 0 Å². The van der Waals surface area contributed by atoms with Crippen molar-refractivity contribution < 1.29 is 9.13 Å². The molecule has 0 saturated heterocycles. The molecule has 2 aromatic heterocycles. The van der Waals surface area contributed by atoms with Gasteiger partial charge in [0.05, 0.1) is 12.8 Å². The topological polar surface area (TPSA) is 37.9 Å². The summed E-state index contributed by atoms with van der Waals surface area (Å²) >= 11 is 0. The van der Waals surface area contributed by atoms with Gasteiger partial charge in [-0.1, -0.05) is 6.58 Å². The molecule has 2 heterocycles. The fourth-order valence-electron chi connectivity index (χ4n) is 2.52. The number of nitrogens with one attached hydrogen (secondary N) is 1. The van der Waals surface area contributed by atoms with Gasteiger partial charge in [0, 0.05) is 22.2 Å². The number of hydrogen-bond donors (Lipinski definition) is 1. The highest BCUT2D eigenvalue weighted by Gasteiger charge is 2.11. The van der Waals surface area contributed by atoms with E-state index in [-0.39, 0.29) is 5.75 Å². The zero-order valence-corrected chi connectivity index (χ0v) is 12.8. The van der Waals surface area contributed by atoms with Gasteiger partial charge in [-0.05, 0) is 55.3 Å². The Morgan fingerprint density at radius 2 is 2.05 bits per heavy atom. The van der Waals surface area contributed by atoms with E-state index in [4.69, 9.17) is 4.74 Å². The molecule has 0 unspecified atom stereocenters. The van der Waals surface area contributed by atoms with E-state index in [1.165, 1.54) is 7.11 Å². The molecule has 1 N–H and O–H groups in total. The van der Waals surface area contributed by atoms with Crippen LogP contribution in [0.5, 0.6) is 5.75 Å². The van der Waals surface area contributed by atoms with E-state index in [0.717, 1.165) is 33.3 Å². The monoisotopic (exact) mass is 296 g/mol. The summed E-state index contributed by atoms with van der Waals surface area (Å²) in [5.74, 6) is -0.458. The van der Waals surface area contributed by atoms with Crippen molar-refractivity contribution in [2.45, 2.75) is 13.8 Å². The molecule has 0 radical (unpaired) electrons. The molecule has 4 heteroatoms. The quantitative estimate of drug-likeness (QED) is 0.710. The summed E-state index contributed by atoms with van der Waals surface area (Å²) in [6.45, 7) is 7.90. The second-order valence-electron chi connectivity index (χ2n) is 5.41. The maximum atomic E-state index is 13.8. The van der Waals surface area contributed by atoms with Gasteiger partial charge < -0.3 is 9.72 Å². The summed E-state index contributed by atoms with van der Waals surface area (Å²) < 4.78 is 18.7. The SMILES string of the molecule is C=C(C)c1cc2cc(C)c(-c3ccc(OC)c(F)n3)cc2[nH]1. The van der Waals surface area contributed by atoms with Crippen LogP contribution in [-0.4, -0.2) is 17.1 Å². The lowest BCUT2D eigenvalue weighted by molar-refractivity contribution is 0.378. The molecule has 0 bridgehead atoms. The molecule has 0 aliphatic heterocycles. The highest BCUT2D eigenvalue weighted by atomic mass is 19.1. The van der Waals surface area contributed by atoms with Crippen molar-refractivity contribution >= 4 is 16.5 Å². The number of aryl methyl sites for hydroxylation is 1. The largest absolute Gasteiger partial charge is 0.492 e. The normalized spacial score (nSPS) is 10.9. The Labute approximate surface area is 128 Å². The van der Waals surface area contributed by atoms with Crippen molar-refractivity contribution in [2.75, 3.05) is 7.11 Å². The van der Waals surface area contributed by atoms with Gasteiger partial charge in [-0.25, -0.2) is 4.98 Å². The van der Waals surface area contributed by atoms with E-state index in [1.807, 2.05) is 19.9 Å². The van der Waals surface area contributed by atoms with Gasteiger partial charge in [0.15, 0.2) is 5.75 Å². The van der Waals surface area contributed by atoms with Crippen LogP contribution < -0.4 is 4.74 Å². The molecule has 0 spiro atoms. The number of rotatable bonds is 3. The molecule has 112 valence electrons. The van der Waals surface area contributed by atoms with Crippen LogP contribution in [-0.2, 0) is 0 Å². The van der Waals surface area contributed by atoms with E-state index in [2.05, 4.69) is 28.7 Å². The minimum Gasteiger partial charge on any atom is -0.492 e. The van der Waals surface area contributed by atoms with Crippen LogP contribution in [0.2, 0.25) is 0 Å². The van der Waals surface area contributed by atoms with Crippen molar-refractivity contribution in [3.05, 3.63) is 54.1 Å². The van der Waals surface area contributed by atoms with Gasteiger partial charge in [-0.15, -0.1) is 0 Å². The lowest BCUT2D eigenvalue weighted by Gasteiger charge is -2.08. The van der Waals surface area contributed by atoms with Crippen molar-refractivity contribution in [2.24, 2.45) is 0 Å². The van der Waals surface area contributed by atoms with Crippen LogP contribution >= 0.6 is 0 Å². The number of pyridine rings is 1. The number of halogens is 1. The molecule has 0 atom stereocenters. The summed E-state index contributed by atoms with van der Waals surface area (Å²) in [6, 6.07) is 9.48. The Morgan fingerprint density at radius 3 is 2.68 bits per heavy atom. The Morgan fingerprint density at radius 1 is 1.27 bits per heavy atom. The minimum atomic E-state index is -0.603. The van der Waals surface area contributed by atoms with Crippen LogP contribution in [0.3, 0.4) is 0 Å². The molecular weight excluding hydrogens is 279 g/mol. The van der Waals surface area contributed by atoms with Crippen molar-refractivity contribution in [3.63, 3.8) is 0 Å². The third-order valence-electron chi connectivity index (χ3n) is 3.74. The van der Waals surface area contributed by atoms with Crippen LogP contribution in [0.1, 0.15) is 18.2 Å². The first-order valence-electron chi connectivity index (χ1n) is 6.99. The summed E-state index contributed by atoms with van der Waals surface area (Å²) in [5.41, 5.74) is 5.48. The zero-order chi connectivity index (χ0) is 15.9. The maximum absolute atomic E-state index is 13.8. The van der Waals surface area contributed by atoms with E-state index < -0.39 is 5.95 Å². The molecule has 0 aliphatic carbocycles. The molecule has 0 aliphatic rings. The third-order valence-corrected chi connectivity index (χ3v) is 3.74. The summed E-state index contributed by atoms with van der Waals surface area (Å²) in [6.07, 6.45) is 0. The first-order chi connectivity index (χ1) is 10.5. The van der Waals surface area contributed by atoms with Gasteiger partial charge >= 0.3 is 0 Å². The van der Waals surface area contributed by atoms with Crippen LogP contribution in [0, 0.1) is 12.9 Å². The van der Waals surface area contributed by atoms with E-state index in [0.29, 0.717) is 5.69 Å². The lowest BCUT2D eigenvalue weighted by Crippen LogP contribution is -1.94. The molecule has 22 heavy (non-hydrogen) atoms. The Bertz CT molecular complexity index is 880. The third kappa shape index (κ3) is 2.37. The second-order valence-corrected chi connectivity index (χ2v) is 5.41. The highest BCUT2D eigenvalue weighted by Crippen LogP contribution is 2.30. The standard InChI is InChI=1S/C18H17FN2O/c1-10(2)15-8-12-7-11(3)13(9-16(12)20-15)14-5-6-17(22-4)18(19)21-14/h5-9,20H,1H2,2-4H3. The van der Waals surface area contributed by atoms with Gasteiger partial charge in [-0.2, -0.15) is 4.39 Å². The number of allylic oxidation sites excluding steroid dienone is 1. The number of aromatic nitrogens is 2. The fraction of sp³-hybridized carbons (Fsp3) is 0.167. The molecule has 0 saturated carbocycles. The smallest absolute Gasteiger partial charge is 0.255 e. The van der Waals surface area contributed by atoms with Crippen LogP contribution in [0.15, 0.2) is 36.9 Å². The first-order valence-corrected chi connectivity index (χ1v) is 6.99. The van der Waals surface area contributed by atoms with E-state index in [1.54, 1.807) is 12.1 Å². The summed E-state index contributed by atoms with van der Waals surface area (Å²) in [7, 11) is 1.43. The maximum Gasteiger partial charge on any atom is 0.255 e. The van der Waals surface area contributed by atoms with Crippen molar-refractivity contribution in [1.82, 2.24) is 9.97 Å². The average molecular weight is 296 g/mol. The molecule has 3 nitrogen and oxygen atoms in total. The number of nitrogens with zero attached hydrogens (tertiary/aromatic N) is 1. The van der Waals surface area contributed by atoms with E-state index in [9.17, 15) is 4.39 Å². The van der Waals surface area contributed by atoms with E-state index >= 15 is 0 Å². The molecule has 3 rings (SSSR count). The lowest BCUT2D eigenvalue weighted by atomic mass is 10.0. The number of H-pyrrole nitrogens is 1. The number of fused-ring (bicyclic) bond motifs is 1. The minimum absolute atomic E-state index is 0.145. The predicted octanol–water partition coefficient (Wildman–Crippen LogP) is 4.72. The second kappa shape index (κ2) is 5.30. The first kappa shape index (κ1) is 14.3. The number of ether oxygens (including phenoxy) is 1. The average Bonchev–Trinajstić information content (AvgIpc) is 2.89. The van der Waals surface area contributed by atoms with Gasteiger partial charge in [0.1, 0.15) is 0 Å². The molecule has 0 amide bonds. The summed E-state index contributed by atoms with van der Waals surface area (Å²) in [5, 5.41) is 1.10. The number of methoxy groups -OCH3 is 1. The molecule has 3 aromatic rings. The Kier molecular flexibility index (Phi) is 3.45. The van der Waals surface area contributed by atoms with Crippen molar-refractivity contribution in [3.8, 4) is 17.0 Å². The number of benzene rings is 1. The van der Waals surface area contributed by atoms with Crippen molar-refractivity contribution in [1.29, 1.82) is 0 Å². The summed E-state index contributed by atoms with van der Waals surface area (Å²) in [4.78, 5) is 7.32. The van der Waals surface area contributed by atoms with Gasteiger partial charge in [0.25, 0.3) is 5.95 Å². The fourth-order valence-corrected chi connectivity index (χ4v) is 2.52.